The van der Waals surface area contributed by atoms with Crippen LogP contribution in [0.1, 0.15) is 62.9 Å². The Labute approximate surface area is 319 Å². The molecule has 0 aromatic carbocycles. The van der Waals surface area contributed by atoms with Gasteiger partial charge < -0.3 is 59.1 Å². The normalized spacial score (nSPS) is 7.69. The van der Waals surface area contributed by atoms with E-state index in [-0.39, 0.29) is 98.1 Å². The Morgan fingerprint density at radius 3 is 1.31 bits per heavy atom. The van der Waals surface area contributed by atoms with Crippen molar-refractivity contribution in [3.8, 4) is 24.7 Å². The molecule has 21 heteroatoms. The van der Waals surface area contributed by atoms with Crippen molar-refractivity contribution >= 4 is 0 Å². The van der Waals surface area contributed by atoms with Crippen LogP contribution >= 0.6 is 0 Å². The minimum Gasteiger partial charge on any atom is -0.373 e. The van der Waals surface area contributed by atoms with Crippen LogP contribution in [0.4, 0.5) is 0 Å². The summed E-state index contributed by atoms with van der Waals surface area (Å²) in [6.07, 6.45) is 19.9. The molecular formula is C21H26N18Y3-6. The van der Waals surface area contributed by atoms with Gasteiger partial charge in [0, 0.05) is 117 Å². The molecule has 215 valence electrons. The van der Waals surface area contributed by atoms with E-state index in [1.807, 2.05) is 31.1 Å². The molecule has 0 atom stereocenters. The van der Waals surface area contributed by atoms with Gasteiger partial charge in [0.05, 0.1) is 12.1 Å². The summed E-state index contributed by atoms with van der Waals surface area (Å²) in [5.74, 6) is 4.56. The van der Waals surface area contributed by atoms with E-state index in [0.29, 0.717) is 25.3 Å². The van der Waals surface area contributed by atoms with Gasteiger partial charge in [-0.1, -0.05) is 35.6 Å². The van der Waals surface area contributed by atoms with Crippen molar-refractivity contribution in [2.45, 2.75) is 53.0 Å². The molecule has 0 spiro atoms. The van der Waals surface area contributed by atoms with E-state index in [1.54, 1.807) is 18.6 Å². The van der Waals surface area contributed by atoms with Crippen molar-refractivity contribution < 1.29 is 98.1 Å². The SMILES string of the molecule is C#CCC#C.CC(C)n1cc(Cc2c[n-]nn2)nn1.C[CH-]C.[N-]=[N+]=[N-].[N-]=[N+]=[N-].[Y].[Y].[Y].c1[n-]nnc1Cc1c[n-]nn1. The second-order valence-electron chi connectivity index (χ2n) is 6.75. The average molecular weight is 797 g/mol. The summed E-state index contributed by atoms with van der Waals surface area (Å²) in [7, 11) is 0. The molecule has 0 aliphatic rings. The molecule has 0 saturated carbocycles. The maximum Gasteiger partial charge on any atom is 0.0867 e. The van der Waals surface area contributed by atoms with Gasteiger partial charge in [0.25, 0.3) is 0 Å². The Balaban J connectivity index is -0.000000146. The summed E-state index contributed by atoms with van der Waals surface area (Å²) in [4.78, 5) is 3.00. The molecule has 0 bridgehead atoms. The van der Waals surface area contributed by atoms with Gasteiger partial charge >= 0.3 is 0 Å². The molecule has 4 heterocycles. The first-order chi connectivity index (χ1) is 18.9. The van der Waals surface area contributed by atoms with Crippen molar-refractivity contribution in [3.05, 3.63) is 85.9 Å². The zero-order valence-corrected chi connectivity index (χ0v) is 32.0. The number of hydrogen-bond acceptors (Lipinski definition) is 8. The number of terminal acetylenes is 2. The van der Waals surface area contributed by atoms with Crippen molar-refractivity contribution in [2.24, 2.45) is 0 Å². The minimum absolute atomic E-state index is 0. The molecule has 4 rings (SSSR count). The Kier molecular flexibility index (Phi) is 43.0. The molecule has 18 nitrogen and oxygen atoms in total. The van der Waals surface area contributed by atoms with Crippen molar-refractivity contribution in [1.82, 2.24) is 61.2 Å². The van der Waals surface area contributed by atoms with E-state index in [4.69, 9.17) is 35.0 Å². The molecule has 4 aromatic heterocycles. The first kappa shape index (κ1) is 49.3. The van der Waals surface area contributed by atoms with E-state index in [9.17, 15) is 0 Å². The predicted octanol–water partition coefficient (Wildman–Crippen LogP) is 2.57. The smallest absolute Gasteiger partial charge is 0.0867 e. The van der Waals surface area contributed by atoms with Crippen molar-refractivity contribution in [1.29, 1.82) is 0 Å². The summed E-state index contributed by atoms with van der Waals surface area (Å²) in [5.41, 5.74) is 30.3. The minimum atomic E-state index is 0. The molecule has 0 saturated heterocycles. The van der Waals surface area contributed by atoms with Gasteiger partial charge in [-0.15, -0.1) is 17.9 Å². The van der Waals surface area contributed by atoms with Gasteiger partial charge in [0.15, 0.2) is 0 Å². The third-order valence-electron chi connectivity index (χ3n) is 3.31. The maximum absolute atomic E-state index is 6.75. The number of aromatic nitrogens is 12. The average Bonchev–Trinajstić information content (AvgIpc) is 3.72. The third kappa shape index (κ3) is 29.1. The second kappa shape index (κ2) is 36.6. The zero-order chi connectivity index (χ0) is 29.7. The van der Waals surface area contributed by atoms with Gasteiger partial charge in [-0.3, -0.25) is 25.5 Å². The van der Waals surface area contributed by atoms with Crippen molar-refractivity contribution in [2.75, 3.05) is 0 Å². The molecule has 0 fully saturated rings. The maximum atomic E-state index is 6.75. The standard InChI is InChI=1S/C8H11N6.C5H4N6.C5H4.C3H7.2N3.3Y/c1-6(2)14-5-8(11-13-14)3-7-4-9-12-10-7;1(4-2-6-10-8-4)5-3-7-11-9-5;1-3-5-4-2;3*1-3-2;;;/h4-6H,3H2,1-2H3;2-3H,1H2;1-2H,5H2;3H,1-2H3;;;;;/q-1;-2;;3*-1;;;. The van der Waals surface area contributed by atoms with Gasteiger partial charge in [0.2, 0.25) is 0 Å². The summed E-state index contributed by atoms with van der Waals surface area (Å²) >= 11 is 0. The van der Waals surface area contributed by atoms with Crippen LogP contribution in [-0.4, -0.2) is 45.9 Å². The van der Waals surface area contributed by atoms with Crippen LogP contribution in [0.15, 0.2) is 24.8 Å². The fourth-order valence-corrected chi connectivity index (χ4v) is 1.92. The van der Waals surface area contributed by atoms with Crippen LogP contribution in [0.3, 0.4) is 0 Å². The van der Waals surface area contributed by atoms with E-state index in [2.05, 4.69) is 82.2 Å². The first-order valence-electron chi connectivity index (χ1n) is 10.7. The summed E-state index contributed by atoms with van der Waals surface area (Å²) in [6, 6.07) is 0.333. The van der Waals surface area contributed by atoms with E-state index >= 15 is 0 Å². The van der Waals surface area contributed by atoms with Gasteiger partial charge in [-0.05, 0) is 37.4 Å². The fourth-order valence-electron chi connectivity index (χ4n) is 1.92. The number of nitrogens with zero attached hydrogens (tertiary/aromatic N) is 18. The quantitative estimate of drug-likeness (QED) is 0.0931. The fraction of sp³-hybridized carbons (Fsp3) is 0.381. The van der Waals surface area contributed by atoms with E-state index in [1.165, 1.54) is 9.82 Å². The molecule has 0 amide bonds. The Morgan fingerprint density at radius 2 is 1.10 bits per heavy atom. The van der Waals surface area contributed by atoms with Crippen LogP contribution in [0.5, 0.6) is 0 Å². The Morgan fingerprint density at radius 1 is 0.762 bits per heavy atom. The number of hydrogen-bond donors (Lipinski definition) is 0. The monoisotopic (exact) mass is 797 g/mol. The molecule has 0 aliphatic carbocycles. The second-order valence-corrected chi connectivity index (χ2v) is 6.75. The molecule has 42 heavy (non-hydrogen) atoms. The van der Waals surface area contributed by atoms with Crippen LogP contribution in [-0.2, 0) is 111 Å². The van der Waals surface area contributed by atoms with Gasteiger partial charge in [0.1, 0.15) is 0 Å². The van der Waals surface area contributed by atoms with Gasteiger partial charge in [-0.2, -0.15) is 13.8 Å². The topological polar surface area (TPSA) is 268 Å². The molecule has 0 N–H and O–H groups in total. The van der Waals surface area contributed by atoms with E-state index in [0.717, 1.165) is 22.8 Å². The predicted molar refractivity (Wildman–Crippen MR) is 140 cm³/mol. The van der Waals surface area contributed by atoms with Crippen LogP contribution in [0.25, 0.3) is 31.9 Å². The molecule has 3 radical (unpaired) electrons. The van der Waals surface area contributed by atoms with Gasteiger partial charge in [-0.25, -0.2) is 4.68 Å². The van der Waals surface area contributed by atoms with Crippen LogP contribution in [0, 0.1) is 31.1 Å². The summed E-state index contributed by atoms with van der Waals surface area (Å²) in [5, 5.41) is 40.5. The molecule has 4 aromatic rings. The number of rotatable bonds is 5. The first-order valence-corrected chi connectivity index (χ1v) is 10.7. The Bertz CT molecular complexity index is 1170. The molecular weight excluding hydrogens is 771 g/mol. The largest absolute Gasteiger partial charge is 0.373 e. The third-order valence-corrected chi connectivity index (χ3v) is 3.31. The van der Waals surface area contributed by atoms with Crippen LogP contribution in [0.2, 0.25) is 0 Å². The molecule has 0 aliphatic heterocycles. The zero-order valence-electron chi connectivity index (χ0n) is 23.5. The Hall–Kier alpha value is -2.39. The van der Waals surface area contributed by atoms with Crippen molar-refractivity contribution in [3.63, 3.8) is 0 Å². The van der Waals surface area contributed by atoms with Crippen LogP contribution < -0.4 is 15.3 Å². The summed E-state index contributed by atoms with van der Waals surface area (Å²) in [6.45, 7) is 8.12. The van der Waals surface area contributed by atoms with E-state index < -0.39 is 0 Å². The summed E-state index contributed by atoms with van der Waals surface area (Å²) < 4.78 is 1.82. The molecule has 0 unspecified atom stereocenters.